The van der Waals surface area contributed by atoms with Crippen LogP contribution >= 0.6 is 0 Å². The van der Waals surface area contributed by atoms with Gasteiger partial charge in [-0.05, 0) is 43.0 Å². The Morgan fingerprint density at radius 3 is 2.96 bits per heavy atom. The molecule has 7 nitrogen and oxygen atoms in total. The summed E-state index contributed by atoms with van der Waals surface area (Å²) in [6.07, 6.45) is 8.88. The molecule has 0 bridgehead atoms. The van der Waals surface area contributed by atoms with Crippen molar-refractivity contribution >= 4 is 17.5 Å². The molecule has 1 amide bonds. The number of carbonyl (C=O) groups excluding carboxylic acids is 1. The highest BCUT2D eigenvalue weighted by Crippen LogP contribution is 2.28. The first kappa shape index (κ1) is 15.4. The summed E-state index contributed by atoms with van der Waals surface area (Å²) < 4.78 is 0. The average molecular weight is 312 g/mol. The van der Waals surface area contributed by atoms with E-state index < -0.39 is 0 Å². The Balaban J connectivity index is 1.70. The molecule has 3 heterocycles. The molecule has 23 heavy (non-hydrogen) atoms. The second-order valence-electron chi connectivity index (χ2n) is 5.73. The number of anilines is 2. The van der Waals surface area contributed by atoms with Gasteiger partial charge in [-0.25, -0.2) is 9.97 Å². The molecule has 1 atom stereocenters. The lowest BCUT2D eigenvalue weighted by Crippen LogP contribution is -2.40. The third-order valence-electron chi connectivity index (χ3n) is 3.96. The topological polar surface area (TPSA) is 97.0 Å². The van der Waals surface area contributed by atoms with Gasteiger partial charge in [0.05, 0.1) is 12.7 Å². The second kappa shape index (κ2) is 7.15. The first-order valence-corrected chi connectivity index (χ1v) is 7.70. The maximum Gasteiger partial charge on any atom is 0.231 e. The summed E-state index contributed by atoms with van der Waals surface area (Å²) in [5, 5.41) is 3.15. The highest BCUT2D eigenvalue weighted by atomic mass is 16.1. The minimum Gasteiger partial charge on any atom is -0.369 e. The monoisotopic (exact) mass is 312 g/mol. The number of rotatable bonds is 5. The number of primary amides is 1. The number of piperidine rings is 1. The zero-order chi connectivity index (χ0) is 16.1. The fourth-order valence-electron chi connectivity index (χ4n) is 2.96. The average Bonchev–Trinajstić information content (AvgIpc) is 2.56. The predicted molar refractivity (Wildman–Crippen MR) is 87.2 cm³/mol. The Bertz CT molecular complexity index is 663. The number of hydrogen-bond donors (Lipinski definition) is 2. The molecule has 1 fully saturated rings. The molecule has 2 aromatic rings. The van der Waals surface area contributed by atoms with Gasteiger partial charge in [-0.15, -0.1) is 0 Å². The van der Waals surface area contributed by atoms with Crippen LogP contribution in [-0.2, 0) is 4.79 Å². The molecule has 0 aliphatic carbocycles. The summed E-state index contributed by atoms with van der Waals surface area (Å²) in [6.45, 7) is 2.10. The van der Waals surface area contributed by atoms with Crippen LogP contribution in [0.5, 0.6) is 0 Å². The largest absolute Gasteiger partial charge is 0.369 e. The van der Waals surface area contributed by atoms with Crippen molar-refractivity contribution < 1.29 is 4.79 Å². The number of carbonyl (C=O) groups is 1. The van der Waals surface area contributed by atoms with E-state index >= 15 is 0 Å². The highest BCUT2D eigenvalue weighted by molar-refractivity contribution is 5.75. The Kier molecular flexibility index (Phi) is 4.77. The lowest BCUT2D eigenvalue weighted by atomic mass is 9.91. The van der Waals surface area contributed by atoms with Crippen LogP contribution in [0, 0.1) is 0 Å². The molecular formula is C16H20N6O. The van der Waals surface area contributed by atoms with Crippen molar-refractivity contribution in [3.63, 3.8) is 0 Å². The molecule has 0 aromatic carbocycles. The molecule has 3 N–H and O–H groups in total. The van der Waals surface area contributed by atoms with Gasteiger partial charge in [0, 0.05) is 25.1 Å². The van der Waals surface area contributed by atoms with Gasteiger partial charge in [0.1, 0.15) is 11.6 Å². The van der Waals surface area contributed by atoms with Gasteiger partial charge < -0.3 is 11.1 Å². The molecule has 1 saturated heterocycles. The summed E-state index contributed by atoms with van der Waals surface area (Å²) in [6, 6.07) is 4.06. The van der Waals surface area contributed by atoms with Gasteiger partial charge in [-0.3, -0.25) is 14.7 Å². The van der Waals surface area contributed by atoms with Crippen molar-refractivity contribution in [2.75, 3.05) is 25.0 Å². The number of aromatic nitrogens is 3. The summed E-state index contributed by atoms with van der Waals surface area (Å²) in [4.78, 5) is 25.8. The zero-order valence-corrected chi connectivity index (χ0v) is 12.9. The second-order valence-corrected chi connectivity index (χ2v) is 5.73. The first-order valence-electron chi connectivity index (χ1n) is 7.70. The van der Waals surface area contributed by atoms with Crippen LogP contribution in [0.15, 0.2) is 36.9 Å². The maximum atomic E-state index is 11.1. The predicted octanol–water partition coefficient (Wildman–Crippen LogP) is 1.28. The minimum absolute atomic E-state index is 0.273. The van der Waals surface area contributed by atoms with Gasteiger partial charge in [0.25, 0.3) is 0 Å². The maximum absolute atomic E-state index is 11.1. The molecule has 2 aromatic heterocycles. The summed E-state index contributed by atoms with van der Waals surface area (Å²) >= 11 is 0. The van der Waals surface area contributed by atoms with Crippen LogP contribution in [-0.4, -0.2) is 45.4 Å². The Morgan fingerprint density at radius 1 is 1.30 bits per heavy atom. The molecule has 0 saturated carbocycles. The van der Waals surface area contributed by atoms with Crippen molar-refractivity contribution in [3.05, 3.63) is 42.5 Å². The van der Waals surface area contributed by atoms with Crippen molar-refractivity contribution in [1.82, 2.24) is 19.9 Å². The van der Waals surface area contributed by atoms with Crippen LogP contribution in [0.3, 0.4) is 0 Å². The fourth-order valence-corrected chi connectivity index (χ4v) is 2.96. The van der Waals surface area contributed by atoms with E-state index in [9.17, 15) is 4.79 Å². The molecule has 1 unspecified atom stereocenters. The van der Waals surface area contributed by atoms with Crippen LogP contribution < -0.4 is 11.1 Å². The molecule has 1 aliphatic rings. The van der Waals surface area contributed by atoms with E-state index in [0.29, 0.717) is 18.3 Å². The number of pyridine rings is 1. The van der Waals surface area contributed by atoms with E-state index in [-0.39, 0.29) is 5.91 Å². The van der Waals surface area contributed by atoms with Crippen LogP contribution in [0.2, 0.25) is 0 Å². The number of nitrogens with zero attached hydrogens (tertiary/aromatic N) is 4. The van der Waals surface area contributed by atoms with Crippen molar-refractivity contribution in [1.29, 1.82) is 0 Å². The van der Waals surface area contributed by atoms with E-state index in [1.807, 2.05) is 12.1 Å². The highest BCUT2D eigenvalue weighted by Gasteiger charge is 2.22. The minimum atomic E-state index is -0.273. The summed E-state index contributed by atoms with van der Waals surface area (Å²) in [5.74, 6) is 1.52. The molecule has 0 spiro atoms. The third kappa shape index (κ3) is 4.23. The Morgan fingerprint density at radius 2 is 2.17 bits per heavy atom. The van der Waals surface area contributed by atoms with Gasteiger partial charge in [-0.2, -0.15) is 0 Å². The first-order chi connectivity index (χ1) is 11.2. The SMILES string of the molecule is NC(=O)CN1CCCC(c2ccnc(Nc3cnccn3)c2)C1. The van der Waals surface area contributed by atoms with Crippen molar-refractivity contribution in [3.8, 4) is 0 Å². The summed E-state index contributed by atoms with van der Waals surface area (Å²) in [5.41, 5.74) is 6.51. The van der Waals surface area contributed by atoms with Crippen LogP contribution in [0.25, 0.3) is 0 Å². The van der Waals surface area contributed by atoms with E-state index in [0.717, 1.165) is 31.7 Å². The molecule has 1 aliphatic heterocycles. The number of amides is 1. The molecule has 0 radical (unpaired) electrons. The van der Waals surface area contributed by atoms with Gasteiger partial charge in [-0.1, -0.05) is 0 Å². The lowest BCUT2D eigenvalue weighted by molar-refractivity contribution is -0.119. The molecule has 3 rings (SSSR count). The Labute approximate surface area is 135 Å². The quantitative estimate of drug-likeness (QED) is 0.863. The van der Waals surface area contributed by atoms with Gasteiger partial charge >= 0.3 is 0 Å². The van der Waals surface area contributed by atoms with Crippen LogP contribution in [0.1, 0.15) is 24.3 Å². The third-order valence-corrected chi connectivity index (χ3v) is 3.96. The van der Waals surface area contributed by atoms with Gasteiger partial charge in [0.15, 0.2) is 0 Å². The van der Waals surface area contributed by atoms with E-state index in [2.05, 4.69) is 25.2 Å². The molecule has 120 valence electrons. The lowest BCUT2D eigenvalue weighted by Gasteiger charge is -2.32. The van der Waals surface area contributed by atoms with E-state index in [4.69, 9.17) is 5.73 Å². The number of nitrogens with two attached hydrogens (primary N) is 1. The normalized spacial score (nSPS) is 18.5. The van der Waals surface area contributed by atoms with Crippen molar-refractivity contribution in [2.45, 2.75) is 18.8 Å². The number of hydrogen-bond acceptors (Lipinski definition) is 6. The zero-order valence-electron chi connectivity index (χ0n) is 12.9. The molecular weight excluding hydrogens is 292 g/mol. The Hall–Kier alpha value is -2.54. The summed E-state index contributed by atoms with van der Waals surface area (Å²) in [7, 11) is 0. The number of likely N-dealkylation sites (tertiary alicyclic amines) is 1. The van der Waals surface area contributed by atoms with E-state index in [1.165, 1.54) is 5.56 Å². The van der Waals surface area contributed by atoms with E-state index in [1.54, 1.807) is 24.8 Å². The van der Waals surface area contributed by atoms with Gasteiger partial charge in [0.2, 0.25) is 5.91 Å². The molecule has 7 heteroatoms. The fraction of sp³-hybridized carbons (Fsp3) is 0.375. The van der Waals surface area contributed by atoms with Crippen molar-refractivity contribution in [2.24, 2.45) is 5.73 Å². The standard InChI is InChI=1S/C16H20N6O/c17-14(23)11-22-7-1-2-13(10-22)12-3-4-19-15(8-12)21-16-9-18-5-6-20-16/h3-6,8-9,13H,1-2,7,10-11H2,(H2,17,23)(H,19,20,21). The smallest absolute Gasteiger partial charge is 0.231 e. The van der Waals surface area contributed by atoms with Crippen LogP contribution in [0.4, 0.5) is 11.6 Å². The number of nitrogens with one attached hydrogen (secondary N) is 1.